The Balaban J connectivity index is 2.03. The normalized spacial score (nSPS) is 9.61. The van der Waals surface area contributed by atoms with Crippen LogP contribution in [0, 0.1) is 0 Å². The summed E-state index contributed by atoms with van der Waals surface area (Å²) in [6, 6.07) is 12.1. The molecule has 2 rings (SSSR count). The van der Waals surface area contributed by atoms with Gasteiger partial charge in [-0.05, 0) is 24.3 Å². The number of rotatable bonds is 3. The van der Waals surface area contributed by atoms with Crippen LogP contribution in [0.25, 0.3) is 0 Å². The van der Waals surface area contributed by atoms with E-state index < -0.39 is 6.09 Å². The van der Waals surface area contributed by atoms with Crippen LogP contribution in [-0.4, -0.2) is 18.2 Å². The second kappa shape index (κ2) is 5.67. The number of aromatic nitrogens is 1. The van der Waals surface area contributed by atoms with E-state index in [-0.39, 0.29) is 0 Å². The van der Waals surface area contributed by atoms with Gasteiger partial charge in [0.2, 0.25) is 0 Å². The molecule has 0 aliphatic heterocycles. The quantitative estimate of drug-likeness (QED) is 0.901. The standard InChI is InChI=1S/C13H12N2O3/c1-17-10-6-2-3-7-11(10)18-13(16)15-12-8-4-5-9-14-12/h2-9H,1H3,(H,14,15,16). The van der Waals surface area contributed by atoms with Gasteiger partial charge in [0.1, 0.15) is 5.82 Å². The van der Waals surface area contributed by atoms with E-state index in [1.54, 1.807) is 48.7 Å². The number of hydrogen-bond donors (Lipinski definition) is 1. The lowest BCUT2D eigenvalue weighted by Crippen LogP contribution is -2.17. The summed E-state index contributed by atoms with van der Waals surface area (Å²) < 4.78 is 10.2. The van der Waals surface area contributed by atoms with Gasteiger partial charge in [0.25, 0.3) is 0 Å². The van der Waals surface area contributed by atoms with Crippen LogP contribution in [0.5, 0.6) is 11.5 Å². The smallest absolute Gasteiger partial charge is 0.418 e. The summed E-state index contributed by atoms with van der Waals surface area (Å²) in [7, 11) is 1.51. The molecular weight excluding hydrogens is 232 g/mol. The highest BCUT2D eigenvalue weighted by Crippen LogP contribution is 2.25. The summed E-state index contributed by atoms with van der Waals surface area (Å²) in [5, 5.41) is 2.51. The van der Waals surface area contributed by atoms with Crippen molar-refractivity contribution in [2.24, 2.45) is 0 Å². The lowest BCUT2D eigenvalue weighted by atomic mass is 10.3. The summed E-state index contributed by atoms with van der Waals surface area (Å²) in [6.45, 7) is 0. The molecule has 1 aromatic heterocycles. The molecule has 0 aliphatic carbocycles. The summed E-state index contributed by atoms with van der Waals surface area (Å²) in [5.41, 5.74) is 0. The number of anilines is 1. The predicted octanol–water partition coefficient (Wildman–Crippen LogP) is 2.70. The van der Waals surface area contributed by atoms with Gasteiger partial charge in [0, 0.05) is 6.20 Å². The average Bonchev–Trinajstić information content (AvgIpc) is 2.40. The van der Waals surface area contributed by atoms with Crippen LogP contribution in [0.2, 0.25) is 0 Å². The zero-order chi connectivity index (χ0) is 12.8. The van der Waals surface area contributed by atoms with Gasteiger partial charge in [0.05, 0.1) is 7.11 Å². The third-order valence-corrected chi connectivity index (χ3v) is 2.17. The van der Waals surface area contributed by atoms with Gasteiger partial charge in [-0.15, -0.1) is 0 Å². The van der Waals surface area contributed by atoms with Crippen LogP contribution in [0.15, 0.2) is 48.7 Å². The van der Waals surface area contributed by atoms with Gasteiger partial charge in [-0.25, -0.2) is 9.78 Å². The van der Waals surface area contributed by atoms with Crippen molar-refractivity contribution in [3.05, 3.63) is 48.7 Å². The number of nitrogens with zero attached hydrogens (tertiary/aromatic N) is 1. The van der Waals surface area contributed by atoms with Gasteiger partial charge < -0.3 is 9.47 Å². The minimum atomic E-state index is -0.613. The molecule has 0 saturated heterocycles. The molecule has 18 heavy (non-hydrogen) atoms. The number of benzene rings is 1. The molecule has 0 fully saturated rings. The molecular formula is C13H12N2O3. The van der Waals surface area contributed by atoms with Crippen LogP contribution in [0.1, 0.15) is 0 Å². The Hall–Kier alpha value is -2.56. The zero-order valence-corrected chi connectivity index (χ0v) is 9.79. The Morgan fingerprint density at radius 2 is 1.83 bits per heavy atom. The van der Waals surface area contributed by atoms with Crippen molar-refractivity contribution < 1.29 is 14.3 Å². The number of carbonyl (C=O) groups is 1. The molecule has 1 aromatic carbocycles. The maximum Gasteiger partial charge on any atom is 0.418 e. The van der Waals surface area contributed by atoms with E-state index in [4.69, 9.17) is 9.47 Å². The number of nitrogens with one attached hydrogen (secondary N) is 1. The van der Waals surface area contributed by atoms with Crippen molar-refractivity contribution in [1.29, 1.82) is 0 Å². The SMILES string of the molecule is COc1ccccc1OC(=O)Nc1ccccn1. The molecule has 1 heterocycles. The highest BCUT2D eigenvalue weighted by molar-refractivity contribution is 5.85. The summed E-state index contributed by atoms with van der Waals surface area (Å²) in [6.07, 6.45) is 0.969. The Kier molecular flexibility index (Phi) is 3.76. The van der Waals surface area contributed by atoms with Crippen molar-refractivity contribution in [3.63, 3.8) is 0 Å². The Morgan fingerprint density at radius 3 is 2.50 bits per heavy atom. The molecule has 0 atom stereocenters. The second-order valence-electron chi connectivity index (χ2n) is 3.38. The first-order valence-corrected chi connectivity index (χ1v) is 5.32. The molecule has 0 radical (unpaired) electrons. The lowest BCUT2D eigenvalue weighted by molar-refractivity contribution is 0.213. The summed E-state index contributed by atoms with van der Waals surface area (Å²) in [4.78, 5) is 15.6. The maximum absolute atomic E-state index is 11.6. The van der Waals surface area contributed by atoms with Crippen LogP contribution in [0.4, 0.5) is 10.6 Å². The van der Waals surface area contributed by atoms with Gasteiger partial charge in [-0.1, -0.05) is 18.2 Å². The van der Waals surface area contributed by atoms with Crippen LogP contribution in [-0.2, 0) is 0 Å². The van der Waals surface area contributed by atoms with Crippen molar-refractivity contribution in [3.8, 4) is 11.5 Å². The average molecular weight is 244 g/mol. The number of carbonyl (C=O) groups excluding carboxylic acids is 1. The fraction of sp³-hybridized carbons (Fsp3) is 0.0769. The first kappa shape index (κ1) is 11.9. The third kappa shape index (κ3) is 2.98. The molecule has 0 spiro atoms. The topological polar surface area (TPSA) is 60.5 Å². The van der Waals surface area contributed by atoms with E-state index >= 15 is 0 Å². The largest absolute Gasteiger partial charge is 0.493 e. The minimum Gasteiger partial charge on any atom is -0.493 e. The molecule has 5 nitrogen and oxygen atoms in total. The first-order valence-electron chi connectivity index (χ1n) is 5.32. The number of hydrogen-bond acceptors (Lipinski definition) is 4. The van der Waals surface area contributed by atoms with Crippen molar-refractivity contribution >= 4 is 11.9 Å². The van der Waals surface area contributed by atoms with Crippen LogP contribution >= 0.6 is 0 Å². The second-order valence-corrected chi connectivity index (χ2v) is 3.38. The molecule has 92 valence electrons. The van der Waals surface area contributed by atoms with E-state index in [9.17, 15) is 4.79 Å². The van der Waals surface area contributed by atoms with Crippen molar-refractivity contribution in [1.82, 2.24) is 4.98 Å². The Morgan fingerprint density at radius 1 is 1.11 bits per heavy atom. The lowest BCUT2D eigenvalue weighted by Gasteiger charge is -2.09. The van der Waals surface area contributed by atoms with Crippen molar-refractivity contribution in [2.75, 3.05) is 12.4 Å². The summed E-state index contributed by atoms with van der Waals surface area (Å²) >= 11 is 0. The highest BCUT2D eigenvalue weighted by atomic mass is 16.6. The first-order chi connectivity index (χ1) is 8.79. The fourth-order valence-electron chi connectivity index (χ4n) is 1.37. The van der Waals surface area contributed by atoms with E-state index in [0.29, 0.717) is 17.3 Å². The monoisotopic (exact) mass is 244 g/mol. The minimum absolute atomic E-state index is 0.355. The number of para-hydroxylation sites is 2. The Labute approximate surface area is 104 Å². The van der Waals surface area contributed by atoms with Gasteiger partial charge in [0.15, 0.2) is 11.5 Å². The molecule has 5 heteroatoms. The molecule has 0 unspecified atom stereocenters. The molecule has 2 aromatic rings. The van der Waals surface area contributed by atoms with E-state index in [1.807, 2.05) is 0 Å². The number of amides is 1. The van der Waals surface area contributed by atoms with Gasteiger partial charge in [-0.3, -0.25) is 5.32 Å². The number of methoxy groups -OCH3 is 1. The summed E-state index contributed by atoms with van der Waals surface area (Å²) in [5.74, 6) is 1.28. The van der Waals surface area contributed by atoms with E-state index in [0.717, 1.165) is 0 Å². The highest BCUT2D eigenvalue weighted by Gasteiger charge is 2.09. The third-order valence-electron chi connectivity index (χ3n) is 2.17. The van der Waals surface area contributed by atoms with Crippen LogP contribution < -0.4 is 14.8 Å². The van der Waals surface area contributed by atoms with Gasteiger partial charge in [-0.2, -0.15) is 0 Å². The molecule has 0 aliphatic rings. The zero-order valence-electron chi connectivity index (χ0n) is 9.79. The number of ether oxygens (including phenoxy) is 2. The fourth-order valence-corrected chi connectivity index (χ4v) is 1.37. The predicted molar refractivity (Wildman–Crippen MR) is 66.9 cm³/mol. The Bertz CT molecular complexity index is 529. The van der Waals surface area contributed by atoms with Crippen molar-refractivity contribution in [2.45, 2.75) is 0 Å². The van der Waals surface area contributed by atoms with E-state index in [2.05, 4.69) is 10.3 Å². The molecule has 0 saturated carbocycles. The van der Waals surface area contributed by atoms with E-state index in [1.165, 1.54) is 7.11 Å². The molecule has 0 bridgehead atoms. The number of pyridine rings is 1. The maximum atomic E-state index is 11.6. The molecule has 1 amide bonds. The molecule has 1 N–H and O–H groups in total. The van der Waals surface area contributed by atoms with Gasteiger partial charge >= 0.3 is 6.09 Å². The van der Waals surface area contributed by atoms with Crippen LogP contribution in [0.3, 0.4) is 0 Å².